The Labute approximate surface area is 304 Å². The number of nitro groups is 1. The lowest BCUT2D eigenvalue weighted by molar-refractivity contribution is -0.383. The predicted molar refractivity (Wildman–Crippen MR) is 184 cm³/mol. The molecule has 0 spiro atoms. The number of aromatic nitrogens is 2. The minimum atomic E-state index is -1.04. The number of aliphatic hydroxyl groups excluding tert-OH is 1. The Hall–Kier alpha value is -4.41. The van der Waals surface area contributed by atoms with Gasteiger partial charge in [-0.25, -0.2) is 32.3 Å². The SMILES string of the molecule is C[C@@H]1C[C@H]1c1ccc(F)c(F)c1.Cc1nc(N[C@@H]2C[C@H](O)[C@H]3OC(C)(C)O[C@H]32)c([N+](=O)[O-])c(N(C(=O)OC(C)(C)C)[C@@H]2C[C@H]2c2ccc(F)c(F)c2)n1. The second kappa shape index (κ2) is 14.1. The van der Waals surface area contributed by atoms with Gasteiger partial charge in [0.1, 0.15) is 23.6 Å². The maximum Gasteiger partial charge on any atom is 0.416 e. The van der Waals surface area contributed by atoms with Crippen LogP contribution in [0.25, 0.3) is 0 Å². The van der Waals surface area contributed by atoms with Gasteiger partial charge in [-0.05, 0) is 108 Å². The maximum atomic E-state index is 14.0. The van der Waals surface area contributed by atoms with Crippen molar-refractivity contribution in [1.82, 2.24) is 9.97 Å². The largest absolute Gasteiger partial charge is 0.443 e. The summed E-state index contributed by atoms with van der Waals surface area (Å²) in [7, 11) is 0. The molecule has 3 aromatic rings. The molecule has 53 heavy (non-hydrogen) atoms. The van der Waals surface area contributed by atoms with Crippen molar-refractivity contribution in [2.75, 3.05) is 10.2 Å². The molecule has 2 heterocycles. The molecule has 7 rings (SSSR count). The van der Waals surface area contributed by atoms with Crippen LogP contribution in [0.15, 0.2) is 36.4 Å². The highest BCUT2D eigenvalue weighted by atomic mass is 19.2. The molecular weight excluding hydrogens is 702 g/mol. The molecule has 8 atom stereocenters. The number of halogens is 4. The zero-order valence-corrected chi connectivity index (χ0v) is 30.4. The van der Waals surface area contributed by atoms with Crippen molar-refractivity contribution in [3.05, 3.63) is 86.7 Å². The fraction of sp³-hybridized carbons (Fsp3) is 0.541. The van der Waals surface area contributed by atoms with Crippen LogP contribution in [-0.4, -0.2) is 67.9 Å². The molecule has 1 amide bonds. The number of carbonyl (C=O) groups is 1. The van der Waals surface area contributed by atoms with Crippen LogP contribution >= 0.6 is 0 Å². The van der Waals surface area contributed by atoms with Crippen molar-refractivity contribution in [3.8, 4) is 0 Å². The fourth-order valence-electron chi connectivity index (χ4n) is 7.05. The van der Waals surface area contributed by atoms with Crippen molar-refractivity contribution >= 4 is 23.4 Å². The monoisotopic (exact) mass is 745 g/mol. The number of ether oxygens (including phenoxy) is 3. The third-order valence-electron chi connectivity index (χ3n) is 9.68. The van der Waals surface area contributed by atoms with E-state index in [0.717, 1.165) is 29.0 Å². The van der Waals surface area contributed by atoms with Crippen molar-refractivity contribution in [2.24, 2.45) is 5.92 Å². The molecule has 3 saturated carbocycles. The number of nitrogens with one attached hydrogen (secondary N) is 1. The van der Waals surface area contributed by atoms with Gasteiger partial charge in [0, 0.05) is 12.0 Å². The molecule has 3 aliphatic carbocycles. The van der Waals surface area contributed by atoms with Crippen LogP contribution in [0.1, 0.15) is 89.6 Å². The maximum absolute atomic E-state index is 14.0. The molecule has 1 aromatic heterocycles. The van der Waals surface area contributed by atoms with Crippen LogP contribution < -0.4 is 10.2 Å². The van der Waals surface area contributed by atoms with Gasteiger partial charge >= 0.3 is 11.8 Å². The Morgan fingerprint density at radius 1 is 0.962 bits per heavy atom. The summed E-state index contributed by atoms with van der Waals surface area (Å²) < 4.78 is 70.2. The Morgan fingerprint density at radius 2 is 1.53 bits per heavy atom. The molecule has 12 nitrogen and oxygen atoms in total. The lowest BCUT2D eigenvalue weighted by Crippen LogP contribution is -2.40. The number of hydrogen-bond donors (Lipinski definition) is 2. The number of fused-ring (bicyclic) bond motifs is 1. The van der Waals surface area contributed by atoms with E-state index in [0.29, 0.717) is 23.8 Å². The Morgan fingerprint density at radius 3 is 2.06 bits per heavy atom. The van der Waals surface area contributed by atoms with E-state index in [9.17, 15) is 37.6 Å². The van der Waals surface area contributed by atoms with Crippen molar-refractivity contribution in [1.29, 1.82) is 0 Å². The van der Waals surface area contributed by atoms with Crippen molar-refractivity contribution < 1.29 is 46.6 Å². The Bertz CT molecular complexity index is 1910. The molecule has 4 fully saturated rings. The van der Waals surface area contributed by atoms with Gasteiger partial charge < -0.3 is 24.6 Å². The highest BCUT2D eigenvalue weighted by Crippen LogP contribution is 2.50. The molecule has 0 unspecified atom stereocenters. The summed E-state index contributed by atoms with van der Waals surface area (Å²) in [5.41, 5.74) is -0.155. The minimum absolute atomic E-state index is 0.130. The summed E-state index contributed by atoms with van der Waals surface area (Å²) >= 11 is 0. The van der Waals surface area contributed by atoms with Crippen LogP contribution in [0.5, 0.6) is 0 Å². The number of nitrogens with zero attached hydrogens (tertiary/aromatic N) is 4. The molecule has 286 valence electrons. The molecule has 2 aromatic carbocycles. The summed E-state index contributed by atoms with van der Waals surface area (Å²) in [4.78, 5) is 35.0. The highest BCUT2D eigenvalue weighted by molar-refractivity contribution is 5.93. The molecule has 0 bridgehead atoms. The lowest BCUT2D eigenvalue weighted by atomic mass is 10.1. The molecule has 1 saturated heterocycles. The van der Waals surface area contributed by atoms with E-state index in [4.69, 9.17) is 14.2 Å². The fourth-order valence-corrected chi connectivity index (χ4v) is 7.05. The second-order valence-electron chi connectivity index (χ2n) is 15.6. The number of rotatable bonds is 7. The third-order valence-corrected chi connectivity index (χ3v) is 9.68. The number of carbonyl (C=O) groups excluding carboxylic acids is 1. The zero-order valence-electron chi connectivity index (χ0n) is 30.4. The van der Waals surface area contributed by atoms with E-state index in [1.54, 1.807) is 40.7 Å². The van der Waals surface area contributed by atoms with Crippen LogP contribution in [0, 0.1) is 46.2 Å². The van der Waals surface area contributed by atoms with Crippen LogP contribution in [0.4, 0.5) is 39.7 Å². The molecule has 0 radical (unpaired) electrons. The van der Waals surface area contributed by atoms with Gasteiger partial charge in [0.2, 0.25) is 11.6 Å². The summed E-state index contributed by atoms with van der Waals surface area (Å²) in [6.45, 7) is 12.0. The normalized spacial score (nSPS) is 28.0. The van der Waals surface area contributed by atoms with E-state index in [1.807, 2.05) is 0 Å². The van der Waals surface area contributed by atoms with Gasteiger partial charge in [-0.3, -0.25) is 15.0 Å². The first kappa shape index (κ1) is 38.3. The van der Waals surface area contributed by atoms with Crippen molar-refractivity contribution in [2.45, 2.75) is 121 Å². The zero-order chi connectivity index (χ0) is 38.7. The predicted octanol–water partition coefficient (Wildman–Crippen LogP) is 7.42. The van der Waals surface area contributed by atoms with Gasteiger partial charge in [-0.15, -0.1) is 0 Å². The van der Waals surface area contributed by atoms with Crippen molar-refractivity contribution in [3.63, 3.8) is 0 Å². The topological polar surface area (TPSA) is 149 Å². The van der Waals surface area contributed by atoms with Gasteiger partial charge in [-0.1, -0.05) is 19.1 Å². The summed E-state index contributed by atoms with van der Waals surface area (Å²) in [6.07, 6.45) is -1.41. The Kier molecular flexibility index (Phi) is 10.2. The molecule has 16 heteroatoms. The number of aliphatic hydroxyl groups is 1. The number of hydrogen-bond acceptors (Lipinski definition) is 10. The minimum Gasteiger partial charge on any atom is -0.443 e. The molecular formula is C37H43F4N5O7. The Balaban J connectivity index is 0.000000337. The van der Waals surface area contributed by atoms with Gasteiger partial charge in [0.25, 0.3) is 0 Å². The first-order valence-corrected chi connectivity index (χ1v) is 17.5. The molecule has 4 aliphatic rings. The summed E-state index contributed by atoms with van der Waals surface area (Å²) in [5, 5.41) is 26.1. The average molecular weight is 746 g/mol. The van der Waals surface area contributed by atoms with Crippen LogP contribution in [0.2, 0.25) is 0 Å². The number of anilines is 2. The summed E-state index contributed by atoms with van der Waals surface area (Å²) in [6, 6.07) is 6.37. The van der Waals surface area contributed by atoms with Crippen LogP contribution in [0.3, 0.4) is 0 Å². The number of benzene rings is 2. The van der Waals surface area contributed by atoms with E-state index in [1.165, 1.54) is 25.1 Å². The van der Waals surface area contributed by atoms with Gasteiger partial charge in [-0.2, -0.15) is 0 Å². The summed E-state index contributed by atoms with van der Waals surface area (Å²) in [5.74, 6) is -4.17. The van der Waals surface area contributed by atoms with E-state index in [-0.39, 0.29) is 23.9 Å². The first-order valence-electron chi connectivity index (χ1n) is 17.5. The highest BCUT2D eigenvalue weighted by Gasteiger charge is 2.55. The molecule has 1 aliphatic heterocycles. The third kappa shape index (κ3) is 8.39. The van der Waals surface area contributed by atoms with E-state index >= 15 is 0 Å². The van der Waals surface area contributed by atoms with E-state index < -0.39 is 87.7 Å². The van der Waals surface area contributed by atoms with E-state index in [2.05, 4.69) is 22.2 Å². The van der Waals surface area contributed by atoms with Crippen LogP contribution in [-0.2, 0) is 14.2 Å². The lowest BCUT2D eigenvalue weighted by Gasteiger charge is -2.28. The average Bonchev–Trinajstić information content (AvgIpc) is 3.93. The second-order valence-corrected chi connectivity index (χ2v) is 15.6. The van der Waals surface area contributed by atoms with Gasteiger partial charge in [0.05, 0.1) is 17.1 Å². The standard InChI is InChI=1S/C27H33F2N5O7.C10H10F2/c1-12-30-23(32-17-11-19(35)22-21(17)39-27(5,6)40-22)20(34(37)38)24(31-12)33(25(36)41-26(2,3)4)18-10-14(18)13-7-8-15(28)16(29)9-13;1-6-4-8(6)7-2-3-9(11)10(12)5-7/h7-9,14,17-19,21-22,35H,10-11H2,1-6H3,(H,30,31,32);2-3,5-6,8H,4H2,1H3/t14-,17+,18+,19-,21-,22+;6-,8-/m01/s1. The number of amides is 1. The number of aryl methyl sites for hydroxylation is 1. The molecule has 2 N–H and O–H groups in total. The smallest absolute Gasteiger partial charge is 0.416 e. The van der Waals surface area contributed by atoms with Gasteiger partial charge in [0.15, 0.2) is 29.1 Å². The quantitative estimate of drug-likeness (QED) is 0.142. The first-order chi connectivity index (χ1) is 24.7.